The van der Waals surface area contributed by atoms with Crippen LogP contribution in [0.3, 0.4) is 0 Å². The number of aromatic nitrogens is 2. The van der Waals surface area contributed by atoms with Crippen molar-refractivity contribution in [1.29, 1.82) is 0 Å². The van der Waals surface area contributed by atoms with Gasteiger partial charge < -0.3 is 15.4 Å². The van der Waals surface area contributed by atoms with Gasteiger partial charge in [-0.1, -0.05) is 36.2 Å². The smallest absolute Gasteiger partial charge is 0.340 e. The van der Waals surface area contributed by atoms with E-state index in [-0.39, 0.29) is 17.5 Å². The molecule has 0 bridgehead atoms. The number of hydrogen-bond acceptors (Lipinski definition) is 5. The molecule has 0 fully saturated rings. The summed E-state index contributed by atoms with van der Waals surface area (Å²) < 4.78 is 20.3. The number of thiocarbonyl (C=S) groups is 1. The lowest BCUT2D eigenvalue weighted by Gasteiger charge is -2.09. The van der Waals surface area contributed by atoms with Crippen LogP contribution < -0.4 is 10.6 Å². The van der Waals surface area contributed by atoms with Crippen molar-refractivity contribution >= 4 is 68.7 Å². The van der Waals surface area contributed by atoms with Crippen LogP contribution in [0.1, 0.15) is 27.7 Å². The normalized spacial score (nSPS) is 10.7. The number of esters is 1. The van der Waals surface area contributed by atoms with Gasteiger partial charge in [-0.3, -0.25) is 4.68 Å². The third-order valence-electron chi connectivity index (χ3n) is 4.09. The minimum Gasteiger partial charge on any atom is -0.465 e. The van der Waals surface area contributed by atoms with E-state index in [2.05, 4.69) is 15.7 Å². The lowest BCUT2D eigenvalue weighted by Crippen LogP contribution is -2.20. The SMILES string of the molecule is CCc1cc(C(=O)OC)c(NC(=S)Nc2nn(Cc3c(F)cccc3Cl)cc2Cl)s1. The predicted molar refractivity (Wildman–Crippen MR) is 123 cm³/mol. The molecule has 0 amide bonds. The average Bonchev–Trinajstić information content (AvgIpc) is 3.27. The summed E-state index contributed by atoms with van der Waals surface area (Å²) in [6.45, 7) is 2.09. The number of carbonyl (C=O) groups is 1. The molecule has 0 radical (unpaired) electrons. The van der Waals surface area contributed by atoms with Crippen LogP contribution in [-0.4, -0.2) is 28.0 Å². The van der Waals surface area contributed by atoms with Gasteiger partial charge in [0.25, 0.3) is 0 Å². The number of rotatable bonds is 6. The Bertz CT molecular complexity index is 1080. The van der Waals surface area contributed by atoms with Gasteiger partial charge in [0.05, 0.1) is 19.2 Å². The summed E-state index contributed by atoms with van der Waals surface area (Å²) in [6, 6.07) is 6.23. The lowest BCUT2D eigenvalue weighted by molar-refractivity contribution is 0.0602. The van der Waals surface area contributed by atoms with Crippen LogP contribution in [0.4, 0.5) is 15.2 Å². The number of nitrogens with zero attached hydrogens (tertiary/aromatic N) is 2. The Balaban J connectivity index is 1.74. The van der Waals surface area contributed by atoms with Gasteiger partial charge in [-0.15, -0.1) is 11.3 Å². The Labute approximate surface area is 191 Å². The van der Waals surface area contributed by atoms with Gasteiger partial charge in [-0.05, 0) is 36.8 Å². The predicted octanol–water partition coefficient (Wildman–Crippen LogP) is 5.60. The number of ether oxygens (including phenoxy) is 1. The van der Waals surface area contributed by atoms with Crippen molar-refractivity contribution < 1.29 is 13.9 Å². The maximum absolute atomic E-state index is 14.0. The van der Waals surface area contributed by atoms with Crippen molar-refractivity contribution in [2.45, 2.75) is 19.9 Å². The third-order valence-corrected chi connectivity index (χ3v) is 6.12. The molecule has 0 aliphatic carbocycles. The average molecular weight is 487 g/mol. The van der Waals surface area contributed by atoms with Gasteiger partial charge in [0, 0.05) is 21.7 Å². The standard InChI is InChI=1S/C19H17Cl2FN4O2S2/c1-3-10-7-11(18(27)28-2)17(30-10)24-19(29)23-16-14(21)9-26(25-16)8-12-13(20)5-4-6-15(12)22/h4-7,9H,3,8H2,1-2H3,(H2,23,24,25,29). The second-order valence-corrected chi connectivity index (χ2v) is 8.46. The van der Waals surface area contributed by atoms with Crippen LogP contribution in [0.25, 0.3) is 0 Å². The van der Waals surface area contributed by atoms with E-state index in [0.29, 0.717) is 26.2 Å². The molecule has 0 atom stereocenters. The van der Waals surface area contributed by atoms with Crippen LogP contribution in [0, 0.1) is 5.82 Å². The van der Waals surface area contributed by atoms with Crippen molar-refractivity contribution in [2.75, 3.05) is 17.7 Å². The first kappa shape index (κ1) is 22.5. The fourth-order valence-corrected chi connectivity index (χ4v) is 4.29. The number of anilines is 2. The Morgan fingerprint density at radius 2 is 2.10 bits per heavy atom. The summed E-state index contributed by atoms with van der Waals surface area (Å²) in [5.41, 5.74) is 0.702. The van der Waals surface area contributed by atoms with Crippen molar-refractivity contribution in [3.63, 3.8) is 0 Å². The molecule has 0 saturated carbocycles. The third kappa shape index (κ3) is 5.10. The van der Waals surface area contributed by atoms with E-state index in [1.165, 1.54) is 41.5 Å². The maximum atomic E-state index is 14.0. The molecule has 0 aliphatic heterocycles. The fraction of sp³-hybridized carbons (Fsp3) is 0.211. The number of methoxy groups -OCH3 is 1. The van der Waals surface area contributed by atoms with Crippen LogP contribution in [0.5, 0.6) is 0 Å². The number of hydrogen-bond donors (Lipinski definition) is 2. The van der Waals surface area contributed by atoms with Gasteiger partial charge in [-0.2, -0.15) is 5.10 Å². The summed E-state index contributed by atoms with van der Waals surface area (Å²) in [5, 5.41) is 11.5. The van der Waals surface area contributed by atoms with E-state index in [1.807, 2.05) is 6.92 Å². The van der Waals surface area contributed by atoms with Crippen molar-refractivity contribution in [3.05, 3.63) is 62.3 Å². The summed E-state index contributed by atoms with van der Waals surface area (Å²) in [6.07, 6.45) is 2.31. The fourth-order valence-electron chi connectivity index (χ4n) is 2.62. The van der Waals surface area contributed by atoms with Gasteiger partial charge >= 0.3 is 5.97 Å². The minimum atomic E-state index is -0.458. The molecule has 30 heavy (non-hydrogen) atoms. The van der Waals surface area contributed by atoms with Crippen LogP contribution in [0.2, 0.25) is 10.0 Å². The number of carbonyl (C=O) groups excluding carboxylic acids is 1. The molecule has 158 valence electrons. The molecule has 2 aromatic heterocycles. The Morgan fingerprint density at radius 3 is 2.77 bits per heavy atom. The molecule has 11 heteroatoms. The van der Waals surface area contributed by atoms with E-state index >= 15 is 0 Å². The minimum absolute atomic E-state index is 0.102. The second kappa shape index (κ2) is 9.74. The second-order valence-electron chi connectivity index (χ2n) is 6.10. The molecule has 0 spiro atoms. The zero-order chi connectivity index (χ0) is 21.8. The molecule has 1 aromatic carbocycles. The highest BCUT2D eigenvalue weighted by atomic mass is 35.5. The van der Waals surface area contributed by atoms with Crippen LogP contribution >= 0.6 is 46.8 Å². The summed E-state index contributed by atoms with van der Waals surface area (Å²) >= 11 is 19.0. The number of thiophene rings is 1. The topological polar surface area (TPSA) is 68.2 Å². The molecule has 6 nitrogen and oxygen atoms in total. The molecular weight excluding hydrogens is 470 g/mol. The molecule has 3 rings (SSSR count). The van der Waals surface area contributed by atoms with Crippen LogP contribution in [0.15, 0.2) is 30.5 Å². The number of aryl methyl sites for hydroxylation is 1. The first-order valence-electron chi connectivity index (χ1n) is 8.77. The summed E-state index contributed by atoms with van der Waals surface area (Å²) in [4.78, 5) is 13.0. The molecular formula is C19H17Cl2FN4O2S2. The molecule has 3 aromatic rings. The monoisotopic (exact) mass is 486 g/mol. The quantitative estimate of drug-likeness (QED) is 0.349. The van der Waals surface area contributed by atoms with Crippen LogP contribution in [-0.2, 0) is 17.7 Å². The Hall–Kier alpha value is -2.20. The van der Waals surface area contributed by atoms with Crippen molar-refractivity contribution in [2.24, 2.45) is 0 Å². The van der Waals surface area contributed by atoms with Crippen molar-refractivity contribution in [1.82, 2.24) is 9.78 Å². The Morgan fingerprint density at radius 1 is 1.33 bits per heavy atom. The van der Waals surface area contributed by atoms with E-state index in [4.69, 9.17) is 40.2 Å². The Kier molecular flexibility index (Phi) is 7.30. The first-order chi connectivity index (χ1) is 14.3. The zero-order valence-corrected chi connectivity index (χ0v) is 19.1. The highest BCUT2D eigenvalue weighted by molar-refractivity contribution is 7.80. The van der Waals surface area contributed by atoms with Gasteiger partial charge in [0.1, 0.15) is 15.8 Å². The number of nitrogens with one attached hydrogen (secondary N) is 2. The zero-order valence-electron chi connectivity index (χ0n) is 16.0. The summed E-state index contributed by atoms with van der Waals surface area (Å²) in [5.74, 6) is -0.602. The van der Waals surface area contributed by atoms with Gasteiger partial charge in [0.15, 0.2) is 10.9 Å². The highest BCUT2D eigenvalue weighted by Gasteiger charge is 2.18. The van der Waals surface area contributed by atoms with Gasteiger partial charge in [0.2, 0.25) is 0 Å². The highest BCUT2D eigenvalue weighted by Crippen LogP contribution is 2.30. The van der Waals surface area contributed by atoms with E-state index in [1.54, 1.807) is 12.1 Å². The largest absolute Gasteiger partial charge is 0.465 e. The van der Waals surface area contributed by atoms with Gasteiger partial charge in [-0.25, -0.2) is 9.18 Å². The number of halogens is 3. The van der Waals surface area contributed by atoms with E-state index in [9.17, 15) is 9.18 Å². The summed E-state index contributed by atoms with van der Waals surface area (Å²) in [7, 11) is 1.32. The molecule has 2 N–H and O–H groups in total. The molecule has 0 aliphatic rings. The number of benzene rings is 1. The maximum Gasteiger partial charge on any atom is 0.340 e. The first-order valence-corrected chi connectivity index (χ1v) is 10.7. The lowest BCUT2D eigenvalue weighted by atomic mass is 10.2. The van der Waals surface area contributed by atoms with Crippen molar-refractivity contribution in [3.8, 4) is 0 Å². The molecule has 0 unspecified atom stereocenters. The molecule has 2 heterocycles. The van der Waals surface area contributed by atoms with E-state index < -0.39 is 11.8 Å². The van der Waals surface area contributed by atoms with E-state index in [0.717, 1.165) is 11.3 Å². The molecule has 0 saturated heterocycles.